The van der Waals surface area contributed by atoms with Gasteiger partial charge in [0.2, 0.25) is 0 Å². The van der Waals surface area contributed by atoms with Gasteiger partial charge < -0.3 is 0 Å². The molecule has 1 aromatic heterocycles. The highest BCUT2D eigenvalue weighted by Crippen LogP contribution is 2.11. The maximum atomic E-state index is 11.6. The third kappa shape index (κ3) is 3.84. The molecule has 0 radical (unpaired) electrons. The van der Waals surface area contributed by atoms with Crippen molar-refractivity contribution in [2.45, 2.75) is 6.92 Å². The smallest absolute Gasteiger partial charge is 0.265 e. The third-order valence-corrected chi connectivity index (χ3v) is 2.59. The van der Waals surface area contributed by atoms with Crippen LogP contribution in [0.25, 0.3) is 5.57 Å². The highest BCUT2D eigenvalue weighted by Gasteiger charge is 2.03. The summed E-state index contributed by atoms with van der Waals surface area (Å²) >= 11 is 0. The quantitative estimate of drug-likeness (QED) is 0.682. The van der Waals surface area contributed by atoms with Crippen LogP contribution in [0.15, 0.2) is 60.1 Å². The Morgan fingerprint density at radius 2 is 2.05 bits per heavy atom. The van der Waals surface area contributed by atoms with Crippen LogP contribution in [0.1, 0.15) is 23.0 Å². The van der Waals surface area contributed by atoms with E-state index in [0.29, 0.717) is 0 Å². The summed E-state index contributed by atoms with van der Waals surface area (Å²) in [4.78, 5) is 19.3. The SMILES string of the molecule is C/C(=C\C=N\NC(=O)c1cnccn1)c1ccccc1. The number of rotatable bonds is 4. The minimum absolute atomic E-state index is 0.230. The van der Waals surface area contributed by atoms with Crippen molar-refractivity contribution in [3.63, 3.8) is 0 Å². The van der Waals surface area contributed by atoms with Gasteiger partial charge in [-0.1, -0.05) is 30.3 Å². The molecule has 1 heterocycles. The van der Waals surface area contributed by atoms with E-state index in [4.69, 9.17) is 0 Å². The predicted octanol–water partition coefficient (Wildman–Crippen LogP) is 2.30. The second-order valence-corrected chi connectivity index (χ2v) is 4.03. The van der Waals surface area contributed by atoms with Gasteiger partial charge in [-0.15, -0.1) is 0 Å². The molecule has 2 aromatic rings. The van der Waals surface area contributed by atoms with Crippen LogP contribution in [0.2, 0.25) is 0 Å². The van der Waals surface area contributed by atoms with Crippen LogP contribution in [-0.2, 0) is 0 Å². The van der Waals surface area contributed by atoms with Crippen molar-refractivity contribution in [1.82, 2.24) is 15.4 Å². The molecule has 0 spiro atoms. The van der Waals surface area contributed by atoms with Gasteiger partial charge in [0, 0.05) is 18.6 Å². The highest BCUT2D eigenvalue weighted by molar-refractivity contribution is 5.92. The first kappa shape index (κ1) is 13.6. The van der Waals surface area contributed by atoms with E-state index in [1.165, 1.54) is 24.8 Å². The lowest BCUT2D eigenvalue weighted by Gasteiger charge is -1.99. The van der Waals surface area contributed by atoms with Gasteiger partial charge in [-0.05, 0) is 24.1 Å². The molecule has 1 aromatic carbocycles. The summed E-state index contributed by atoms with van der Waals surface area (Å²) in [6.07, 6.45) is 7.71. The molecule has 0 fully saturated rings. The zero-order chi connectivity index (χ0) is 14.2. The third-order valence-electron chi connectivity index (χ3n) is 2.59. The standard InChI is InChI=1S/C15H14N4O/c1-12(13-5-3-2-4-6-13)7-8-18-19-15(20)14-11-16-9-10-17-14/h2-11H,1H3,(H,19,20)/b12-7+,18-8+. The normalized spacial score (nSPS) is 11.6. The number of hydrogen-bond donors (Lipinski definition) is 1. The van der Waals surface area contributed by atoms with E-state index in [2.05, 4.69) is 20.5 Å². The van der Waals surface area contributed by atoms with Gasteiger partial charge in [0.05, 0.1) is 6.20 Å². The summed E-state index contributed by atoms with van der Waals surface area (Å²) in [6, 6.07) is 9.93. The van der Waals surface area contributed by atoms with Gasteiger partial charge >= 0.3 is 0 Å². The summed E-state index contributed by atoms with van der Waals surface area (Å²) < 4.78 is 0. The van der Waals surface area contributed by atoms with E-state index < -0.39 is 0 Å². The summed E-state index contributed by atoms with van der Waals surface area (Å²) in [7, 11) is 0. The number of carbonyl (C=O) groups is 1. The molecule has 0 atom stereocenters. The molecule has 0 aliphatic heterocycles. The number of nitrogens with zero attached hydrogens (tertiary/aromatic N) is 3. The zero-order valence-corrected chi connectivity index (χ0v) is 11.0. The van der Waals surface area contributed by atoms with Crippen LogP contribution in [0.4, 0.5) is 0 Å². The second-order valence-electron chi connectivity index (χ2n) is 4.03. The van der Waals surface area contributed by atoms with Gasteiger partial charge in [0.1, 0.15) is 5.69 Å². The topological polar surface area (TPSA) is 67.2 Å². The molecule has 100 valence electrons. The molecule has 1 amide bonds. The molecular formula is C15H14N4O. The number of carbonyl (C=O) groups excluding carboxylic acids is 1. The van der Waals surface area contributed by atoms with E-state index in [9.17, 15) is 4.79 Å². The molecule has 0 saturated heterocycles. The Hall–Kier alpha value is -2.82. The molecule has 0 aliphatic carbocycles. The Balaban J connectivity index is 1.93. The maximum absolute atomic E-state index is 11.6. The van der Waals surface area contributed by atoms with Crippen molar-refractivity contribution >= 4 is 17.7 Å². The molecular weight excluding hydrogens is 252 g/mol. The Morgan fingerprint density at radius 3 is 2.75 bits per heavy atom. The first-order valence-corrected chi connectivity index (χ1v) is 6.09. The molecule has 0 bridgehead atoms. The van der Waals surface area contributed by atoms with E-state index in [1.807, 2.05) is 43.3 Å². The summed E-state index contributed by atoms with van der Waals surface area (Å²) in [5.41, 5.74) is 4.79. The van der Waals surface area contributed by atoms with Crippen molar-refractivity contribution in [1.29, 1.82) is 0 Å². The molecule has 0 saturated carbocycles. The Bertz CT molecular complexity index is 621. The van der Waals surface area contributed by atoms with Crippen LogP contribution < -0.4 is 5.43 Å². The number of nitrogens with one attached hydrogen (secondary N) is 1. The lowest BCUT2D eigenvalue weighted by Crippen LogP contribution is -2.18. The number of amides is 1. The fraction of sp³-hybridized carbons (Fsp3) is 0.0667. The first-order valence-electron chi connectivity index (χ1n) is 6.09. The van der Waals surface area contributed by atoms with Gasteiger partial charge in [0.25, 0.3) is 5.91 Å². The zero-order valence-electron chi connectivity index (χ0n) is 11.0. The summed E-state index contributed by atoms with van der Waals surface area (Å²) in [5.74, 6) is -0.389. The minimum atomic E-state index is -0.389. The first-order chi connectivity index (χ1) is 9.77. The largest absolute Gasteiger partial charge is 0.291 e. The Morgan fingerprint density at radius 1 is 1.25 bits per heavy atom. The average Bonchev–Trinajstić information content (AvgIpc) is 2.53. The molecule has 0 aliphatic rings. The maximum Gasteiger partial charge on any atom is 0.291 e. The van der Waals surface area contributed by atoms with Crippen molar-refractivity contribution < 1.29 is 4.79 Å². The molecule has 2 rings (SSSR count). The molecule has 5 heteroatoms. The van der Waals surface area contributed by atoms with Crippen LogP contribution in [0, 0.1) is 0 Å². The number of hydrogen-bond acceptors (Lipinski definition) is 4. The number of hydrazone groups is 1. The molecule has 0 unspecified atom stereocenters. The van der Waals surface area contributed by atoms with Crippen LogP contribution >= 0.6 is 0 Å². The van der Waals surface area contributed by atoms with E-state index in [1.54, 1.807) is 0 Å². The van der Waals surface area contributed by atoms with Gasteiger partial charge in [0.15, 0.2) is 0 Å². The van der Waals surface area contributed by atoms with Crippen LogP contribution in [0.5, 0.6) is 0 Å². The van der Waals surface area contributed by atoms with Gasteiger partial charge in [-0.3, -0.25) is 9.78 Å². The number of allylic oxidation sites excluding steroid dienone is 2. The number of aromatic nitrogens is 2. The van der Waals surface area contributed by atoms with Crippen molar-refractivity contribution in [2.75, 3.05) is 0 Å². The molecule has 1 N–H and O–H groups in total. The summed E-state index contributed by atoms with van der Waals surface area (Å²) in [5, 5.41) is 3.84. The highest BCUT2D eigenvalue weighted by atomic mass is 16.2. The van der Waals surface area contributed by atoms with Crippen molar-refractivity contribution in [2.24, 2.45) is 5.10 Å². The van der Waals surface area contributed by atoms with Gasteiger partial charge in [-0.2, -0.15) is 5.10 Å². The minimum Gasteiger partial charge on any atom is -0.265 e. The lowest BCUT2D eigenvalue weighted by atomic mass is 10.1. The fourth-order valence-electron chi connectivity index (χ4n) is 1.52. The van der Waals surface area contributed by atoms with Crippen molar-refractivity contribution in [3.05, 3.63) is 66.3 Å². The van der Waals surface area contributed by atoms with E-state index in [0.717, 1.165) is 11.1 Å². The van der Waals surface area contributed by atoms with Crippen LogP contribution in [-0.4, -0.2) is 22.1 Å². The summed E-state index contributed by atoms with van der Waals surface area (Å²) in [6.45, 7) is 1.98. The predicted molar refractivity (Wildman–Crippen MR) is 78.1 cm³/mol. The second kappa shape index (κ2) is 6.94. The lowest BCUT2D eigenvalue weighted by molar-refractivity contribution is 0.0950. The number of benzene rings is 1. The molecule has 5 nitrogen and oxygen atoms in total. The fourth-order valence-corrected chi connectivity index (χ4v) is 1.52. The van der Waals surface area contributed by atoms with Crippen molar-refractivity contribution in [3.8, 4) is 0 Å². The monoisotopic (exact) mass is 266 g/mol. The van der Waals surface area contributed by atoms with Gasteiger partial charge in [-0.25, -0.2) is 10.4 Å². The molecule has 20 heavy (non-hydrogen) atoms. The average molecular weight is 266 g/mol. The Labute approximate surface area is 117 Å². The van der Waals surface area contributed by atoms with Crippen LogP contribution in [0.3, 0.4) is 0 Å². The van der Waals surface area contributed by atoms with E-state index >= 15 is 0 Å². The van der Waals surface area contributed by atoms with E-state index in [-0.39, 0.29) is 11.6 Å². The Kier molecular flexibility index (Phi) is 4.72.